The van der Waals surface area contributed by atoms with E-state index in [0.717, 1.165) is 48.8 Å². The molecule has 0 heterocycles. The Morgan fingerprint density at radius 1 is 0.970 bits per heavy atom. The highest BCUT2D eigenvalue weighted by Crippen LogP contribution is 2.68. The first-order valence-corrected chi connectivity index (χ1v) is 13.6. The molecule has 0 saturated heterocycles. The fourth-order valence-corrected chi connectivity index (χ4v) is 9.19. The van der Waals surface area contributed by atoms with Crippen LogP contribution >= 0.6 is 0 Å². The molecule has 4 saturated carbocycles. The normalized spacial score (nSPS) is 44.5. The summed E-state index contributed by atoms with van der Waals surface area (Å²) in [5.74, 6) is 4.14. The van der Waals surface area contributed by atoms with E-state index in [9.17, 15) is 9.90 Å². The summed E-state index contributed by atoms with van der Waals surface area (Å²) in [6.07, 6.45) is 11.2. The van der Waals surface area contributed by atoms with Crippen LogP contribution in [0.15, 0.2) is 18.2 Å². The van der Waals surface area contributed by atoms with Gasteiger partial charge in [-0.25, -0.2) is 0 Å². The van der Waals surface area contributed by atoms with Crippen molar-refractivity contribution in [3.63, 3.8) is 0 Å². The number of ketones is 1. The zero-order valence-corrected chi connectivity index (χ0v) is 21.5. The SMILES string of the molecule is CCc1cc(OC)cc(C(=O)[C@H]2CC[C@H]3[C@@H]4CC[C@H]5C[C@](C)(O)CC[C@]5(C)[C@H]4CC[C@]23C)c1. The fourth-order valence-electron chi connectivity index (χ4n) is 9.19. The lowest BCUT2D eigenvalue weighted by Crippen LogP contribution is -2.55. The molecule has 0 unspecified atom stereocenters. The van der Waals surface area contributed by atoms with Gasteiger partial charge >= 0.3 is 0 Å². The Kier molecular flexibility index (Phi) is 5.75. The number of rotatable bonds is 4. The number of carbonyl (C=O) groups excluding carboxylic acids is 1. The number of benzene rings is 1. The van der Waals surface area contributed by atoms with Crippen molar-refractivity contribution >= 4 is 5.78 Å². The van der Waals surface area contributed by atoms with Crippen molar-refractivity contribution in [3.05, 3.63) is 29.3 Å². The van der Waals surface area contributed by atoms with Gasteiger partial charge in [-0.05, 0) is 129 Å². The number of aryl methyl sites for hydroxylation is 1. The molecule has 182 valence electrons. The lowest BCUT2D eigenvalue weighted by atomic mass is 9.44. The lowest BCUT2D eigenvalue weighted by molar-refractivity contribution is -0.144. The van der Waals surface area contributed by atoms with E-state index in [-0.39, 0.29) is 11.3 Å². The largest absolute Gasteiger partial charge is 0.497 e. The number of fused-ring (bicyclic) bond motifs is 5. The molecule has 0 radical (unpaired) electrons. The molecule has 1 aromatic carbocycles. The molecule has 1 N–H and O–H groups in total. The molecule has 5 rings (SSSR count). The molecular formula is C30H44O3. The van der Waals surface area contributed by atoms with Crippen molar-refractivity contribution in [3.8, 4) is 5.75 Å². The standard InChI is InChI=1S/C30H44O3/c1-6-19-15-20(17-22(16-19)33-5)27(31)26-10-9-24-23-8-7-21-18-28(2,32)13-14-29(21,3)25(23)11-12-30(24,26)4/h15-17,21,23-26,32H,6-14,18H2,1-5H3/t21-,23-,24-,25-,26+,28+,29-,30-/m0/s1. The van der Waals surface area contributed by atoms with E-state index in [1.807, 2.05) is 13.0 Å². The highest BCUT2D eigenvalue weighted by Gasteiger charge is 2.61. The van der Waals surface area contributed by atoms with Crippen LogP contribution in [0.25, 0.3) is 0 Å². The van der Waals surface area contributed by atoms with Crippen molar-refractivity contribution in [2.45, 2.75) is 97.5 Å². The number of methoxy groups -OCH3 is 1. The molecule has 0 bridgehead atoms. The average Bonchev–Trinajstić information content (AvgIpc) is 3.15. The number of Topliss-reactive ketones (excluding diaryl/α,β-unsaturated/α-hetero) is 1. The number of hydrogen-bond donors (Lipinski definition) is 1. The number of carbonyl (C=O) groups is 1. The molecule has 0 amide bonds. The second kappa shape index (κ2) is 8.11. The van der Waals surface area contributed by atoms with Gasteiger partial charge in [0, 0.05) is 11.5 Å². The molecule has 0 spiro atoms. The third kappa shape index (κ3) is 3.68. The van der Waals surface area contributed by atoms with Crippen molar-refractivity contribution < 1.29 is 14.6 Å². The molecule has 8 atom stereocenters. The Labute approximate surface area is 200 Å². The minimum atomic E-state index is -0.473. The second-order valence-electron chi connectivity index (χ2n) is 12.8. The highest BCUT2D eigenvalue weighted by atomic mass is 16.5. The molecule has 33 heavy (non-hydrogen) atoms. The monoisotopic (exact) mass is 452 g/mol. The Bertz CT molecular complexity index is 897. The van der Waals surface area contributed by atoms with Gasteiger partial charge in [0.15, 0.2) is 5.78 Å². The van der Waals surface area contributed by atoms with Gasteiger partial charge in [0.1, 0.15) is 5.75 Å². The first-order chi connectivity index (χ1) is 15.6. The third-order valence-electron chi connectivity index (χ3n) is 11.2. The van der Waals surface area contributed by atoms with Crippen molar-refractivity contribution in [1.29, 1.82) is 0 Å². The van der Waals surface area contributed by atoms with E-state index in [1.165, 1.54) is 44.1 Å². The third-order valence-corrected chi connectivity index (χ3v) is 11.2. The van der Waals surface area contributed by atoms with Gasteiger partial charge in [0.2, 0.25) is 0 Å². The van der Waals surface area contributed by atoms with Gasteiger partial charge in [0.05, 0.1) is 12.7 Å². The Morgan fingerprint density at radius 3 is 2.45 bits per heavy atom. The highest BCUT2D eigenvalue weighted by molar-refractivity contribution is 5.99. The molecule has 3 heteroatoms. The maximum absolute atomic E-state index is 13.9. The van der Waals surface area contributed by atoms with Crippen molar-refractivity contribution in [2.24, 2.45) is 40.4 Å². The first kappa shape index (κ1) is 23.4. The summed E-state index contributed by atoms with van der Waals surface area (Å²) in [4.78, 5) is 13.9. The van der Waals surface area contributed by atoms with Crippen LogP contribution in [-0.2, 0) is 6.42 Å². The molecule has 4 fully saturated rings. The minimum absolute atomic E-state index is 0.122. The van der Waals surface area contributed by atoms with Crippen LogP contribution in [0.3, 0.4) is 0 Å². The summed E-state index contributed by atoms with van der Waals surface area (Å²) in [5.41, 5.74) is 2.05. The Balaban J connectivity index is 1.40. The van der Waals surface area contributed by atoms with Gasteiger partial charge in [-0.1, -0.05) is 20.8 Å². The van der Waals surface area contributed by atoms with Gasteiger partial charge in [0.25, 0.3) is 0 Å². The van der Waals surface area contributed by atoms with Crippen LogP contribution < -0.4 is 4.74 Å². The van der Waals surface area contributed by atoms with E-state index in [2.05, 4.69) is 32.9 Å². The van der Waals surface area contributed by atoms with Crippen LogP contribution in [0.2, 0.25) is 0 Å². The van der Waals surface area contributed by atoms with E-state index >= 15 is 0 Å². The quantitative estimate of drug-likeness (QED) is 0.508. The molecule has 1 aromatic rings. The van der Waals surface area contributed by atoms with Gasteiger partial charge in [-0.15, -0.1) is 0 Å². The molecule has 4 aliphatic rings. The Morgan fingerprint density at radius 2 is 1.73 bits per heavy atom. The molecule has 3 nitrogen and oxygen atoms in total. The molecule has 4 aliphatic carbocycles. The maximum Gasteiger partial charge on any atom is 0.166 e. The van der Waals surface area contributed by atoms with Gasteiger partial charge in [-0.2, -0.15) is 0 Å². The van der Waals surface area contributed by atoms with E-state index in [1.54, 1.807) is 7.11 Å². The Hall–Kier alpha value is -1.35. The lowest BCUT2D eigenvalue weighted by Gasteiger charge is -2.61. The van der Waals surface area contributed by atoms with E-state index in [0.29, 0.717) is 23.0 Å². The van der Waals surface area contributed by atoms with Crippen LogP contribution in [0.4, 0.5) is 0 Å². The van der Waals surface area contributed by atoms with Crippen LogP contribution in [0, 0.1) is 40.4 Å². The summed E-state index contributed by atoms with van der Waals surface area (Å²) in [6, 6.07) is 6.12. The summed E-state index contributed by atoms with van der Waals surface area (Å²) in [7, 11) is 1.69. The maximum atomic E-state index is 13.9. The van der Waals surface area contributed by atoms with Gasteiger partial charge in [-0.3, -0.25) is 4.79 Å². The van der Waals surface area contributed by atoms with E-state index in [4.69, 9.17) is 4.74 Å². The zero-order valence-electron chi connectivity index (χ0n) is 21.5. The topological polar surface area (TPSA) is 46.5 Å². The van der Waals surface area contributed by atoms with Crippen LogP contribution in [0.5, 0.6) is 5.75 Å². The molecule has 0 aromatic heterocycles. The molecular weight excluding hydrogens is 408 g/mol. The summed E-state index contributed by atoms with van der Waals surface area (Å²) >= 11 is 0. The summed E-state index contributed by atoms with van der Waals surface area (Å²) in [6.45, 7) is 9.18. The van der Waals surface area contributed by atoms with Crippen LogP contribution in [0.1, 0.15) is 101 Å². The van der Waals surface area contributed by atoms with E-state index < -0.39 is 5.60 Å². The molecule has 0 aliphatic heterocycles. The fraction of sp³-hybridized carbons (Fsp3) is 0.767. The van der Waals surface area contributed by atoms with Gasteiger partial charge < -0.3 is 9.84 Å². The number of aliphatic hydroxyl groups is 1. The summed E-state index contributed by atoms with van der Waals surface area (Å²) in [5, 5.41) is 10.7. The zero-order chi connectivity index (χ0) is 23.6. The second-order valence-corrected chi connectivity index (χ2v) is 12.8. The average molecular weight is 453 g/mol. The minimum Gasteiger partial charge on any atom is -0.497 e. The van der Waals surface area contributed by atoms with Crippen molar-refractivity contribution in [1.82, 2.24) is 0 Å². The smallest absolute Gasteiger partial charge is 0.166 e. The number of ether oxygens (including phenoxy) is 1. The van der Waals surface area contributed by atoms with Crippen LogP contribution in [-0.4, -0.2) is 23.6 Å². The predicted molar refractivity (Wildman–Crippen MR) is 133 cm³/mol. The predicted octanol–water partition coefficient (Wildman–Crippen LogP) is 6.85. The van der Waals surface area contributed by atoms with Crippen molar-refractivity contribution in [2.75, 3.05) is 7.11 Å². The first-order valence-electron chi connectivity index (χ1n) is 13.6. The summed E-state index contributed by atoms with van der Waals surface area (Å²) < 4.78 is 5.52. The number of hydrogen-bond acceptors (Lipinski definition) is 3.